The third-order valence-electron chi connectivity index (χ3n) is 3.23. The molecule has 108 valence electrons. The van der Waals surface area contributed by atoms with Gasteiger partial charge in [0.15, 0.2) is 0 Å². The molecule has 0 aliphatic heterocycles. The summed E-state index contributed by atoms with van der Waals surface area (Å²) in [6.45, 7) is 0.502. The smallest absolute Gasteiger partial charge is 0.127 e. The van der Waals surface area contributed by atoms with E-state index in [-0.39, 0.29) is 11.9 Å². The second kappa shape index (κ2) is 6.93. The van der Waals surface area contributed by atoms with Crippen LogP contribution in [0.4, 0.5) is 4.39 Å². The van der Waals surface area contributed by atoms with Crippen molar-refractivity contribution in [3.63, 3.8) is 0 Å². The highest BCUT2D eigenvalue weighted by Crippen LogP contribution is 2.23. The summed E-state index contributed by atoms with van der Waals surface area (Å²) in [5, 5.41) is 8.52. The third-order valence-corrected chi connectivity index (χ3v) is 5.02. The van der Waals surface area contributed by atoms with Crippen molar-refractivity contribution < 1.29 is 4.39 Å². The van der Waals surface area contributed by atoms with Gasteiger partial charge in [-0.15, -0.1) is 22.7 Å². The van der Waals surface area contributed by atoms with Gasteiger partial charge in [-0.25, -0.2) is 9.37 Å². The SMILES string of the molecule is Fc1ccccc1CN[C@H](Cc1cccs1)c1nccs1. The van der Waals surface area contributed by atoms with E-state index in [4.69, 9.17) is 0 Å². The first-order chi connectivity index (χ1) is 10.3. The van der Waals surface area contributed by atoms with Gasteiger partial charge >= 0.3 is 0 Å². The Morgan fingerprint density at radius 2 is 2.00 bits per heavy atom. The molecule has 1 N–H and O–H groups in total. The van der Waals surface area contributed by atoms with Crippen LogP contribution in [0.1, 0.15) is 21.5 Å². The fourth-order valence-electron chi connectivity index (χ4n) is 2.16. The molecule has 0 radical (unpaired) electrons. The summed E-state index contributed by atoms with van der Waals surface area (Å²) in [5.74, 6) is -0.168. The first-order valence-electron chi connectivity index (χ1n) is 6.71. The number of rotatable bonds is 6. The van der Waals surface area contributed by atoms with E-state index in [0.717, 1.165) is 11.4 Å². The van der Waals surface area contributed by atoms with E-state index in [0.29, 0.717) is 12.1 Å². The summed E-state index contributed by atoms with van der Waals surface area (Å²) in [5.41, 5.74) is 0.685. The van der Waals surface area contributed by atoms with Crippen LogP contribution < -0.4 is 5.32 Å². The molecule has 3 rings (SSSR count). The predicted octanol–water partition coefficient (Wildman–Crippen LogP) is 4.42. The zero-order valence-corrected chi connectivity index (χ0v) is 13.0. The first kappa shape index (κ1) is 14.4. The lowest BCUT2D eigenvalue weighted by atomic mass is 10.1. The van der Waals surface area contributed by atoms with E-state index in [1.54, 1.807) is 28.7 Å². The zero-order valence-electron chi connectivity index (χ0n) is 11.3. The molecule has 0 bridgehead atoms. The number of nitrogens with zero attached hydrogens (tertiary/aromatic N) is 1. The van der Waals surface area contributed by atoms with Gasteiger partial charge in [0, 0.05) is 35.0 Å². The molecule has 0 aliphatic rings. The second-order valence-corrected chi connectivity index (χ2v) is 6.64. The van der Waals surface area contributed by atoms with Crippen LogP contribution in [0.15, 0.2) is 53.4 Å². The van der Waals surface area contributed by atoms with Crippen molar-refractivity contribution in [3.05, 3.63) is 74.6 Å². The van der Waals surface area contributed by atoms with Crippen molar-refractivity contribution in [2.45, 2.75) is 19.0 Å². The van der Waals surface area contributed by atoms with Gasteiger partial charge in [0.05, 0.1) is 6.04 Å². The van der Waals surface area contributed by atoms with Crippen LogP contribution >= 0.6 is 22.7 Å². The second-order valence-electron chi connectivity index (χ2n) is 4.68. The first-order valence-corrected chi connectivity index (χ1v) is 8.47. The highest BCUT2D eigenvalue weighted by Gasteiger charge is 2.15. The molecule has 2 heterocycles. The van der Waals surface area contributed by atoms with Gasteiger partial charge in [0.25, 0.3) is 0 Å². The average Bonchev–Trinajstić information content (AvgIpc) is 3.18. The van der Waals surface area contributed by atoms with E-state index in [1.165, 1.54) is 10.9 Å². The molecule has 0 aliphatic carbocycles. The molecular formula is C16H15FN2S2. The summed E-state index contributed by atoms with van der Waals surface area (Å²) >= 11 is 3.37. The summed E-state index contributed by atoms with van der Waals surface area (Å²) in [6, 6.07) is 11.2. The van der Waals surface area contributed by atoms with Crippen LogP contribution in [0.3, 0.4) is 0 Å². The van der Waals surface area contributed by atoms with E-state index in [1.807, 2.05) is 23.7 Å². The largest absolute Gasteiger partial charge is 0.303 e. The molecule has 1 atom stereocenters. The molecule has 21 heavy (non-hydrogen) atoms. The highest BCUT2D eigenvalue weighted by molar-refractivity contribution is 7.10. The van der Waals surface area contributed by atoms with E-state index < -0.39 is 0 Å². The Morgan fingerprint density at radius 1 is 1.10 bits per heavy atom. The van der Waals surface area contributed by atoms with Gasteiger partial charge in [-0.3, -0.25) is 0 Å². The Bertz CT molecular complexity index is 665. The molecule has 0 unspecified atom stereocenters. The van der Waals surface area contributed by atoms with Gasteiger partial charge in [0.2, 0.25) is 0 Å². The van der Waals surface area contributed by atoms with Gasteiger partial charge in [-0.2, -0.15) is 0 Å². The Kier molecular flexibility index (Phi) is 4.75. The molecule has 0 amide bonds. The van der Waals surface area contributed by atoms with Crippen LogP contribution in [0, 0.1) is 5.82 Å². The third kappa shape index (κ3) is 3.75. The Hall–Kier alpha value is -1.56. The minimum atomic E-state index is -0.168. The van der Waals surface area contributed by atoms with Crippen molar-refractivity contribution in [2.24, 2.45) is 0 Å². The van der Waals surface area contributed by atoms with Crippen LogP contribution in [0.25, 0.3) is 0 Å². The maximum Gasteiger partial charge on any atom is 0.127 e. The fraction of sp³-hybridized carbons (Fsp3) is 0.188. The number of thiazole rings is 1. The summed E-state index contributed by atoms with van der Waals surface area (Å²) < 4.78 is 13.7. The maximum atomic E-state index is 13.7. The van der Waals surface area contributed by atoms with Crippen molar-refractivity contribution in [1.82, 2.24) is 10.3 Å². The Morgan fingerprint density at radius 3 is 2.71 bits per heavy atom. The van der Waals surface area contributed by atoms with Crippen LogP contribution in [0.5, 0.6) is 0 Å². The lowest BCUT2D eigenvalue weighted by Crippen LogP contribution is -2.23. The van der Waals surface area contributed by atoms with Crippen LogP contribution in [-0.2, 0) is 13.0 Å². The highest BCUT2D eigenvalue weighted by atomic mass is 32.1. The minimum absolute atomic E-state index is 0.114. The summed E-state index contributed by atoms with van der Waals surface area (Å²) in [7, 11) is 0. The standard InChI is InChI=1S/C16H15FN2S2/c17-14-6-2-1-4-12(14)11-19-15(16-18-7-9-21-16)10-13-5-3-8-20-13/h1-9,15,19H,10-11H2/t15-/m1/s1. The monoisotopic (exact) mass is 318 g/mol. The molecule has 2 aromatic heterocycles. The topological polar surface area (TPSA) is 24.9 Å². The number of halogens is 1. The van der Waals surface area contributed by atoms with Crippen LogP contribution in [0.2, 0.25) is 0 Å². The number of hydrogen-bond acceptors (Lipinski definition) is 4. The fourth-order valence-corrected chi connectivity index (χ4v) is 3.62. The molecular weight excluding hydrogens is 303 g/mol. The molecule has 0 saturated heterocycles. The summed E-state index contributed by atoms with van der Waals surface area (Å²) in [4.78, 5) is 5.70. The normalized spacial score (nSPS) is 12.4. The quantitative estimate of drug-likeness (QED) is 0.728. The number of nitrogens with one attached hydrogen (secondary N) is 1. The lowest BCUT2D eigenvalue weighted by molar-refractivity contribution is 0.514. The number of aromatic nitrogens is 1. The predicted molar refractivity (Wildman–Crippen MR) is 86.1 cm³/mol. The van der Waals surface area contributed by atoms with Crippen molar-refractivity contribution in [3.8, 4) is 0 Å². The van der Waals surface area contributed by atoms with Gasteiger partial charge in [0.1, 0.15) is 10.8 Å². The molecule has 3 aromatic rings. The Labute approximate surface area is 131 Å². The summed E-state index contributed by atoms with van der Waals surface area (Å²) in [6.07, 6.45) is 2.69. The number of hydrogen-bond donors (Lipinski definition) is 1. The van der Waals surface area contributed by atoms with Crippen molar-refractivity contribution in [2.75, 3.05) is 0 Å². The molecule has 0 fully saturated rings. The van der Waals surface area contributed by atoms with Gasteiger partial charge in [-0.1, -0.05) is 24.3 Å². The minimum Gasteiger partial charge on any atom is -0.303 e. The number of benzene rings is 1. The van der Waals surface area contributed by atoms with E-state index in [2.05, 4.69) is 27.8 Å². The number of thiophene rings is 1. The van der Waals surface area contributed by atoms with Crippen LogP contribution in [-0.4, -0.2) is 4.98 Å². The Balaban J connectivity index is 1.72. The van der Waals surface area contributed by atoms with Gasteiger partial charge < -0.3 is 5.32 Å². The molecule has 0 saturated carbocycles. The molecule has 1 aromatic carbocycles. The van der Waals surface area contributed by atoms with Crippen molar-refractivity contribution in [1.29, 1.82) is 0 Å². The van der Waals surface area contributed by atoms with E-state index in [9.17, 15) is 4.39 Å². The van der Waals surface area contributed by atoms with E-state index >= 15 is 0 Å². The lowest BCUT2D eigenvalue weighted by Gasteiger charge is -2.16. The molecule has 0 spiro atoms. The molecule has 5 heteroatoms. The van der Waals surface area contributed by atoms with Gasteiger partial charge in [-0.05, 0) is 17.5 Å². The van der Waals surface area contributed by atoms with Crippen molar-refractivity contribution >= 4 is 22.7 Å². The zero-order chi connectivity index (χ0) is 14.5. The molecule has 2 nitrogen and oxygen atoms in total. The maximum absolute atomic E-state index is 13.7. The average molecular weight is 318 g/mol.